The number of anilines is 2. The van der Waals surface area contributed by atoms with Gasteiger partial charge in [-0.1, -0.05) is 0 Å². The minimum Gasteiger partial charge on any atom is -0.397 e. The molecule has 0 spiro atoms. The molecule has 0 bridgehead atoms. The molecule has 0 radical (unpaired) electrons. The summed E-state index contributed by atoms with van der Waals surface area (Å²) in [5.74, 6) is 2.86. The molecule has 1 aromatic rings. The standard InChI is InChI=1S/C13H19N3OS2/c1-15-12(17)11-10(14)9(8-2-3-8)13(19-11)16-4-6-18-7-5-16/h8H,2-7,14H2,1H3,(H,15,17). The number of nitrogens with two attached hydrogens (primary N) is 1. The van der Waals surface area contributed by atoms with E-state index in [0.717, 1.165) is 30.3 Å². The molecule has 1 amide bonds. The van der Waals surface area contributed by atoms with Crippen LogP contribution in [0.15, 0.2) is 0 Å². The molecule has 19 heavy (non-hydrogen) atoms. The zero-order valence-electron chi connectivity index (χ0n) is 11.1. The van der Waals surface area contributed by atoms with Crippen molar-refractivity contribution in [1.82, 2.24) is 5.32 Å². The number of hydrogen-bond donors (Lipinski definition) is 2. The molecular weight excluding hydrogens is 278 g/mol. The molecular formula is C13H19N3OS2. The van der Waals surface area contributed by atoms with Crippen molar-refractivity contribution in [2.75, 3.05) is 42.3 Å². The topological polar surface area (TPSA) is 58.4 Å². The van der Waals surface area contributed by atoms with Crippen LogP contribution in [0.25, 0.3) is 0 Å². The first-order chi connectivity index (χ1) is 9.22. The fraction of sp³-hybridized carbons (Fsp3) is 0.615. The summed E-state index contributed by atoms with van der Waals surface area (Å²) >= 11 is 3.57. The van der Waals surface area contributed by atoms with Gasteiger partial charge in [-0.05, 0) is 18.8 Å². The molecule has 0 unspecified atom stereocenters. The number of nitrogens with zero attached hydrogens (tertiary/aromatic N) is 1. The van der Waals surface area contributed by atoms with Crippen LogP contribution in [0.3, 0.4) is 0 Å². The van der Waals surface area contributed by atoms with Crippen molar-refractivity contribution >= 4 is 39.7 Å². The first-order valence-electron chi connectivity index (χ1n) is 6.69. The lowest BCUT2D eigenvalue weighted by molar-refractivity contribution is 0.0968. The van der Waals surface area contributed by atoms with Crippen LogP contribution in [0.1, 0.15) is 34.0 Å². The van der Waals surface area contributed by atoms with Gasteiger partial charge in [0, 0.05) is 37.2 Å². The van der Waals surface area contributed by atoms with Gasteiger partial charge < -0.3 is 16.0 Å². The summed E-state index contributed by atoms with van der Waals surface area (Å²) in [5.41, 5.74) is 8.21. The SMILES string of the molecule is CNC(=O)c1sc(N2CCSCC2)c(C2CC2)c1N. The summed E-state index contributed by atoms with van der Waals surface area (Å²) in [5, 5.41) is 3.94. The van der Waals surface area contributed by atoms with E-state index in [4.69, 9.17) is 5.73 Å². The minimum absolute atomic E-state index is 0.0537. The van der Waals surface area contributed by atoms with Crippen LogP contribution in [0.4, 0.5) is 10.7 Å². The number of carbonyl (C=O) groups is 1. The summed E-state index contributed by atoms with van der Waals surface area (Å²) in [6, 6.07) is 0. The summed E-state index contributed by atoms with van der Waals surface area (Å²) in [4.78, 5) is 15.0. The fourth-order valence-corrected chi connectivity index (χ4v) is 4.70. The van der Waals surface area contributed by atoms with Crippen molar-refractivity contribution in [3.05, 3.63) is 10.4 Å². The van der Waals surface area contributed by atoms with E-state index in [2.05, 4.69) is 10.2 Å². The van der Waals surface area contributed by atoms with Gasteiger partial charge in [-0.3, -0.25) is 4.79 Å². The number of nitrogen functional groups attached to an aromatic ring is 1. The third kappa shape index (κ3) is 2.43. The van der Waals surface area contributed by atoms with E-state index in [1.165, 1.54) is 23.4 Å². The van der Waals surface area contributed by atoms with Crippen molar-refractivity contribution < 1.29 is 4.79 Å². The normalized spacial score (nSPS) is 19.5. The van der Waals surface area contributed by atoms with Gasteiger partial charge in [0.05, 0.1) is 10.7 Å². The molecule has 0 aromatic carbocycles. The van der Waals surface area contributed by atoms with Gasteiger partial charge in [0.15, 0.2) is 0 Å². The van der Waals surface area contributed by atoms with E-state index < -0.39 is 0 Å². The maximum absolute atomic E-state index is 11.9. The van der Waals surface area contributed by atoms with Crippen LogP contribution >= 0.6 is 23.1 Å². The van der Waals surface area contributed by atoms with Crippen LogP contribution in [0.5, 0.6) is 0 Å². The average Bonchev–Trinajstić information content (AvgIpc) is 3.22. The van der Waals surface area contributed by atoms with Gasteiger partial charge in [-0.15, -0.1) is 11.3 Å². The number of thioether (sulfide) groups is 1. The molecule has 0 atom stereocenters. The Kier molecular flexibility index (Phi) is 3.62. The molecule has 6 heteroatoms. The number of amides is 1. The Morgan fingerprint density at radius 1 is 1.37 bits per heavy atom. The third-order valence-electron chi connectivity index (χ3n) is 3.68. The van der Waals surface area contributed by atoms with Crippen molar-refractivity contribution in [2.24, 2.45) is 0 Å². The number of thiophene rings is 1. The van der Waals surface area contributed by atoms with E-state index in [9.17, 15) is 4.79 Å². The van der Waals surface area contributed by atoms with Crippen LogP contribution in [0, 0.1) is 0 Å². The molecule has 1 aromatic heterocycles. The Morgan fingerprint density at radius 2 is 2.05 bits per heavy atom. The van der Waals surface area contributed by atoms with E-state index >= 15 is 0 Å². The molecule has 1 aliphatic carbocycles. The summed E-state index contributed by atoms with van der Waals surface area (Å²) < 4.78 is 0. The monoisotopic (exact) mass is 297 g/mol. The predicted octanol–water partition coefficient (Wildman–Crippen LogP) is 2.12. The van der Waals surface area contributed by atoms with Gasteiger partial charge >= 0.3 is 0 Å². The predicted molar refractivity (Wildman–Crippen MR) is 83.6 cm³/mol. The van der Waals surface area contributed by atoms with Crippen molar-refractivity contribution in [2.45, 2.75) is 18.8 Å². The van der Waals surface area contributed by atoms with Gasteiger partial charge in [-0.25, -0.2) is 0 Å². The van der Waals surface area contributed by atoms with Crippen molar-refractivity contribution in [1.29, 1.82) is 0 Å². The lowest BCUT2D eigenvalue weighted by Gasteiger charge is -2.28. The highest BCUT2D eigenvalue weighted by molar-refractivity contribution is 7.99. The van der Waals surface area contributed by atoms with Gasteiger partial charge in [0.1, 0.15) is 4.88 Å². The second-order valence-corrected chi connectivity index (χ2v) is 7.24. The highest BCUT2D eigenvalue weighted by atomic mass is 32.2. The Morgan fingerprint density at radius 3 is 2.63 bits per heavy atom. The Balaban J connectivity index is 1.99. The van der Waals surface area contributed by atoms with Gasteiger partial charge in [-0.2, -0.15) is 11.8 Å². The molecule has 104 valence electrons. The molecule has 2 aliphatic rings. The minimum atomic E-state index is -0.0537. The largest absolute Gasteiger partial charge is 0.397 e. The first-order valence-corrected chi connectivity index (χ1v) is 8.66. The second-order valence-electron chi connectivity index (χ2n) is 5.02. The summed E-state index contributed by atoms with van der Waals surface area (Å²) in [7, 11) is 1.66. The molecule has 1 aliphatic heterocycles. The average molecular weight is 297 g/mol. The van der Waals surface area contributed by atoms with Gasteiger partial charge in [0.2, 0.25) is 0 Å². The molecule has 1 saturated heterocycles. The fourth-order valence-electron chi connectivity index (χ4n) is 2.49. The smallest absolute Gasteiger partial charge is 0.263 e. The number of rotatable bonds is 3. The Hall–Kier alpha value is -0.880. The second kappa shape index (κ2) is 5.25. The highest BCUT2D eigenvalue weighted by Crippen LogP contribution is 2.52. The van der Waals surface area contributed by atoms with Crippen molar-refractivity contribution in [3.63, 3.8) is 0 Å². The van der Waals surface area contributed by atoms with E-state index in [0.29, 0.717) is 10.8 Å². The van der Waals surface area contributed by atoms with Crippen molar-refractivity contribution in [3.8, 4) is 0 Å². The van der Waals surface area contributed by atoms with E-state index in [1.54, 1.807) is 18.4 Å². The maximum Gasteiger partial charge on any atom is 0.263 e. The van der Waals surface area contributed by atoms with Crippen LogP contribution in [-0.4, -0.2) is 37.6 Å². The van der Waals surface area contributed by atoms with Crippen LogP contribution in [0.2, 0.25) is 0 Å². The zero-order chi connectivity index (χ0) is 13.4. The lowest BCUT2D eigenvalue weighted by Crippen LogP contribution is -2.32. The number of nitrogens with one attached hydrogen (secondary N) is 1. The lowest BCUT2D eigenvalue weighted by atomic mass is 10.1. The van der Waals surface area contributed by atoms with E-state index in [-0.39, 0.29) is 5.91 Å². The Bertz CT molecular complexity index is 490. The summed E-state index contributed by atoms with van der Waals surface area (Å²) in [6.07, 6.45) is 2.42. The molecule has 4 nitrogen and oxygen atoms in total. The molecule has 1 saturated carbocycles. The molecule has 2 heterocycles. The highest BCUT2D eigenvalue weighted by Gasteiger charge is 2.34. The van der Waals surface area contributed by atoms with Gasteiger partial charge in [0.25, 0.3) is 5.91 Å². The van der Waals surface area contributed by atoms with Crippen LogP contribution in [-0.2, 0) is 0 Å². The maximum atomic E-state index is 11.9. The quantitative estimate of drug-likeness (QED) is 0.897. The first kappa shape index (κ1) is 13.1. The molecule has 3 N–H and O–H groups in total. The Labute approximate surface area is 121 Å². The third-order valence-corrected chi connectivity index (χ3v) is 5.90. The number of carbonyl (C=O) groups excluding carboxylic acids is 1. The number of hydrogen-bond acceptors (Lipinski definition) is 5. The molecule has 3 rings (SSSR count). The van der Waals surface area contributed by atoms with Crippen LogP contribution < -0.4 is 16.0 Å². The summed E-state index contributed by atoms with van der Waals surface area (Å²) in [6.45, 7) is 2.13. The zero-order valence-corrected chi connectivity index (χ0v) is 12.7. The molecule has 2 fully saturated rings. The van der Waals surface area contributed by atoms with E-state index in [1.807, 2.05) is 11.8 Å².